The van der Waals surface area contributed by atoms with E-state index in [1.54, 1.807) is 0 Å². The van der Waals surface area contributed by atoms with E-state index in [9.17, 15) is 14.4 Å². The second-order valence-corrected chi connectivity index (χ2v) is 21.6. The first-order valence-electron chi connectivity index (χ1n) is 32.9. The Morgan fingerprint density at radius 2 is 0.500 bits per heavy atom. The van der Waals surface area contributed by atoms with Crippen molar-refractivity contribution in [3.63, 3.8) is 0 Å². The summed E-state index contributed by atoms with van der Waals surface area (Å²) in [7, 11) is 0. The fourth-order valence-electron chi connectivity index (χ4n) is 9.13. The lowest BCUT2D eigenvalue weighted by Gasteiger charge is -2.18. The first-order chi connectivity index (χ1) is 38.5. The van der Waals surface area contributed by atoms with Crippen molar-refractivity contribution in [2.75, 3.05) is 13.2 Å². The summed E-state index contributed by atoms with van der Waals surface area (Å²) in [5, 5.41) is 0. The van der Waals surface area contributed by atoms with Crippen LogP contribution >= 0.6 is 0 Å². The lowest BCUT2D eigenvalue weighted by Crippen LogP contribution is -2.30. The molecule has 0 heterocycles. The van der Waals surface area contributed by atoms with Gasteiger partial charge in [-0.15, -0.1) is 0 Å². The van der Waals surface area contributed by atoms with Crippen LogP contribution in [0.25, 0.3) is 0 Å². The number of hydrogen-bond acceptors (Lipinski definition) is 6. The molecule has 446 valence electrons. The second-order valence-electron chi connectivity index (χ2n) is 21.6. The Hall–Kier alpha value is -3.93. The molecule has 78 heavy (non-hydrogen) atoms. The summed E-state index contributed by atoms with van der Waals surface area (Å²) in [5.41, 5.74) is 0. The molecule has 0 aliphatic carbocycles. The highest BCUT2D eigenvalue weighted by molar-refractivity contribution is 5.71. The van der Waals surface area contributed by atoms with Crippen LogP contribution in [0, 0.1) is 0 Å². The third kappa shape index (κ3) is 62.9. The zero-order valence-corrected chi connectivity index (χ0v) is 51.2. The van der Waals surface area contributed by atoms with Gasteiger partial charge in [-0.1, -0.05) is 278 Å². The molecule has 0 saturated heterocycles. The zero-order valence-electron chi connectivity index (χ0n) is 51.2. The summed E-state index contributed by atoms with van der Waals surface area (Å²) >= 11 is 0. The SMILES string of the molecule is CC/C=C\C/C=C\C/C=C\C/C=C\C/C=C\CCCCCCCCCCCCCCCC(=O)OCC(COC(=O)CCCCCCC/C=C\C/C=C\C/C=C\CC)OC(=O)CCCCCCC/C=C\CCCCCCCCC. The van der Waals surface area contributed by atoms with E-state index in [2.05, 4.69) is 130 Å². The molecular formula is C72H122O6. The van der Waals surface area contributed by atoms with Crippen molar-refractivity contribution in [3.8, 4) is 0 Å². The van der Waals surface area contributed by atoms with E-state index >= 15 is 0 Å². The Morgan fingerprint density at radius 1 is 0.269 bits per heavy atom. The molecule has 0 saturated carbocycles. The minimum atomic E-state index is -0.792. The molecule has 0 bridgehead atoms. The quantitative estimate of drug-likeness (QED) is 0.0261. The Balaban J connectivity index is 4.29. The summed E-state index contributed by atoms with van der Waals surface area (Å²) in [6.45, 7) is 6.41. The van der Waals surface area contributed by atoms with Gasteiger partial charge in [0.15, 0.2) is 6.10 Å². The Morgan fingerprint density at radius 3 is 0.795 bits per heavy atom. The summed E-state index contributed by atoms with van der Waals surface area (Å²) < 4.78 is 16.9. The summed E-state index contributed by atoms with van der Waals surface area (Å²) in [6, 6.07) is 0. The minimum absolute atomic E-state index is 0.0868. The van der Waals surface area contributed by atoms with Gasteiger partial charge in [-0.05, 0) is 122 Å². The van der Waals surface area contributed by atoms with Crippen LogP contribution in [0.3, 0.4) is 0 Å². The van der Waals surface area contributed by atoms with E-state index in [0.29, 0.717) is 19.3 Å². The van der Waals surface area contributed by atoms with Crippen LogP contribution in [0.1, 0.15) is 310 Å². The number of esters is 3. The number of carbonyl (C=O) groups is 3. The molecule has 0 aliphatic rings. The first kappa shape index (κ1) is 74.1. The maximum Gasteiger partial charge on any atom is 0.306 e. The van der Waals surface area contributed by atoms with Crippen molar-refractivity contribution in [2.45, 2.75) is 316 Å². The smallest absolute Gasteiger partial charge is 0.306 e. The molecule has 0 amide bonds. The third-order valence-corrected chi connectivity index (χ3v) is 14.0. The molecule has 6 heteroatoms. The largest absolute Gasteiger partial charge is 0.462 e. The molecule has 0 radical (unpaired) electrons. The maximum absolute atomic E-state index is 12.9. The zero-order chi connectivity index (χ0) is 56.4. The van der Waals surface area contributed by atoms with Crippen molar-refractivity contribution in [1.82, 2.24) is 0 Å². The van der Waals surface area contributed by atoms with Gasteiger partial charge >= 0.3 is 17.9 Å². The molecule has 0 N–H and O–H groups in total. The number of rotatable bonds is 59. The predicted octanol–water partition coefficient (Wildman–Crippen LogP) is 22.6. The van der Waals surface area contributed by atoms with E-state index in [-0.39, 0.29) is 31.1 Å². The number of ether oxygens (including phenoxy) is 3. The van der Waals surface area contributed by atoms with Crippen molar-refractivity contribution >= 4 is 17.9 Å². The van der Waals surface area contributed by atoms with Gasteiger partial charge in [0.25, 0.3) is 0 Å². The van der Waals surface area contributed by atoms with Crippen LogP contribution in [0.2, 0.25) is 0 Å². The highest BCUT2D eigenvalue weighted by atomic mass is 16.6. The molecule has 0 spiro atoms. The van der Waals surface area contributed by atoms with Gasteiger partial charge in [-0.2, -0.15) is 0 Å². The number of carbonyl (C=O) groups excluding carboxylic acids is 3. The van der Waals surface area contributed by atoms with Crippen LogP contribution in [-0.4, -0.2) is 37.2 Å². The Kier molecular flexibility index (Phi) is 62.3. The van der Waals surface area contributed by atoms with Gasteiger partial charge in [0, 0.05) is 19.3 Å². The van der Waals surface area contributed by atoms with E-state index in [1.807, 2.05) is 0 Å². The van der Waals surface area contributed by atoms with Gasteiger partial charge in [-0.3, -0.25) is 14.4 Å². The Labute approximate surface area is 482 Å². The van der Waals surface area contributed by atoms with Crippen molar-refractivity contribution in [1.29, 1.82) is 0 Å². The third-order valence-electron chi connectivity index (χ3n) is 14.0. The number of hydrogen-bond donors (Lipinski definition) is 0. The molecule has 0 aliphatic heterocycles. The van der Waals surface area contributed by atoms with Crippen molar-refractivity contribution < 1.29 is 28.6 Å². The van der Waals surface area contributed by atoms with Crippen molar-refractivity contribution in [2.24, 2.45) is 0 Å². The summed E-state index contributed by atoms with van der Waals surface area (Å²) in [6.07, 6.45) is 89.6. The topological polar surface area (TPSA) is 78.9 Å². The highest BCUT2D eigenvalue weighted by Crippen LogP contribution is 2.16. The standard InChI is InChI=1S/C72H122O6/c1-4-7-10-13-16-19-22-25-28-30-31-32-33-34-35-36-37-38-39-40-41-42-45-47-50-53-56-59-62-65-71(74)77-68-69(67-76-70(73)64-61-58-55-52-49-46-43-27-24-21-18-15-12-9-6-3)78-72(75)66-63-60-57-54-51-48-44-29-26-23-20-17-14-11-8-5-2/h7,9-10,12,16,18-19,21,25,27-29,31-32,34-35,43-44,69H,4-6,8,11,13-15,17,20,22-24,26,30,33,36-42,45-68H2,1-3H3/b10-7-,12-9-,19-16-,21-18-,28-25-,32-31-,35-34-,43-27-,44-29-. The number of allylic oxidation sites excluding steroid dienone is 18. The van der Waals surface area contributed by atoms with Gasteiger partial charge in [0.05, 0.1) is 0 Å². The lowest BCUT2D eigenvalue weighted by atomic mass is 10.0. The lowest BCUT2D eigenvalue weighted by molar-refractivity contribution is -0.167. The second kappa shape index (κ2) is 65.6. The summed E-state index contributed by atoms with van der Waals surface area (Å²) in [4.78, 5) is 38.3. The van der Waals surface area contributed by atoms with Gasteiger partial charge in [-0.25, -0.2) is 0 Å². The molecule has 0 aromatic rings. The van der Waals surface area contributed by atoms with Gasteiger partial charge < -0.3 is 14.2 Å². The van der Waals surface area contributed by atoms with E-state index in [4.69, 9.17) is 14.2 Å². The van der Waals surface area contributed by atoms with Crippen LogP contribution in [0.5, 0.6) is 0 Å². The number of unbranched alkanes of at least 4 members (excludes halogenated alkanes) is 30. The molecule has 0 fully saturated rings. The molecule has 1 atom stereocenters. The normalized spacial score (nSPS) is 12.8. The molecule has 1 unspecified atom stereocenters. The monoisotopic (exact) mass is 1080 g/mol. The summed E-state index contributed by atoms with van der Waals surface area (Å²) in [5.74, 6) is -0.905. The highest BCUT2D eigenvalue weighted by Gasteiger charge is 2.19. The molecular weight excluding hydrogens is 961 g/mol. The van der Waals surface area contributed by atoms with Crippen molar-refractivity contribution in [3.05, 3.63) is 109 Å². The van der Waals surface area contributed by atoms with Crippen LogP contribution < -0.4 is 0 Å². The first-order valence-corrected chi connectivity index (χ1v) is 32.9. The fourth-order valence-corrected chi connectivity index (χ4v) is 9.13. The molecule has 0 aromatic carbocycles. The van der Waals surface area contributed by atoms with E-state index < -0.39 is 6.10 Å². The molecule has 0 aromatic heterocycles. The van der Waals surface area contributed by atoms with Gasteiger partial charge in [0.1, 0.15) is 13.2 Å². The molecule has 0 rings (SSSR count). The molecule has 6 nitrogen and oxygen atoms in total. The average Bonchev–Trinajstić information content (AvgIpc) is 3.44. The average molecular weight is 1080 g/mol. The maximum atomic E-state index is 12.9. The van der Waals surface area contributed by atoms with Crippen LogP contribution in [-0.2, 0) is 28.6 Å². The predicted molar refractivity (Wildman–Crippen MR) is 339 cm³/mol. The van der Waals surface area contributed by atoms with Gasteiger partial charge in [0.2, 0.25) is 0 Å². The van der Waals surface area contributed by atoms with E-state index in [0.717, 1.165) is 141 Å². The fraction of sp³-hybridized carbons (Fsp3) is 0.708. The Bertz CT molecular complexity index is 1570. The van der Waals surface area contributed by atoms with E-state index in [1.165, 1.54) is 128 Å². The van der Waals surface area contributed by atoms with Crippen LogP contribution in [0.15, 0.2) is 109 Å². The minimum Gasteiger partial charge on any atom is -0.462 e. The van der Waals surface area contributed by atoms with Crippen LogP contribution in [0.4, 0.5) is 0 Å².